The largest absolute Gasteiger partial charge is 0.497 e. The smallest absolute Gasteiger partial charge is 0.197 e. The molecule has 6 heteroatoms. The first kappa shape index (κ1) is 15.6. The zero-order valence-electron chi connectivity index (χ0n) is 13.4. The van der Waals surface area contributed by atoms with E-state index in [1.165, 1.54) is 0 Å². The number of para-hydroxylation sites is 1. The molecular weight excluding hydrogens is 310 g/mol. The topological polar surface area (TPSA) is 58.2 Å². The van der Waals surface area contributed by atoms with Gasteiger partial charge in [-0.2, -0.15) is 0 Å². The fourth-order valence-corrected chi connectivity index (χ4v) is 3.57. The molecule has 120 valence electrons. The van der Waals surface area contributed by atoms with Gasteiger partial charge in [-0.1, -0.05) is 18.2 Å². The Hall–Kier alpha value is -2.34. The van der Waals surface area contributed by atoms with E-state index < -0.39 is 10.8 Å². The van der Waals surface area contributed by atoms with Crippen molar-refractivity contribution in [2.75, 3.05) is 26.1 Å². The van der Waals surface area contributed by atoms with E-state index in [4.69, 9.17) is 4.74 Å². The summed E-state index contributed by atoms with van der Waals surface area (Å²) in [6.07, 6.45) is 0. The first-order valence-electron chi connectivity index (χ1n) is 7.26. The lowest BCUT2D eigenvalue weighted by Crippen LogP contribution is -2.12. The van der Waals surface area contributed by atoms with Crippen LogP contribution in [0.2, 0.25) is 0 Å². The Morgan fingerprint density at radius 3 is 2.74 bits per heavy atom. The second-order valence-corrected chi connectivity index (χ2v) is 6.80. The lowest BCUT2D eigenvalue weighted by atomic mass is 10.2. The van der Waals surface area contributed by atoms with Gasteiger partial charge in [0.1, 0.15) is 5.75 Å². The highest BCUT2D eigenvalue weighted by molar-refractivity contribution is 7.84. The zero-order chi connectivity index (χ0) is 16.4. The summed E-state index contributed by atoms with van der Waals surface area (Å²) in [7, 11) is 4.35. The number of nitrogens with zero attached hydrogens (tertiary/aromatic N) is 2. The third-order valence-corrected chi connectivity index (χ3v) is 4.84. The molecule has 1 atom stereocenters. The number of hydrogen-bond acceptors (Lipinski definition) is 4. The van der Waals surface area contributed by atoms with Gasteiger partial charge in [0.2, 0.25) is 0 Å². The van der Waals surface area contributed by atoms with Gasteiger partial charge in [-0.05, 0) is 23.8 Å². The average Bonchev–Trinajstić information content (AvgIpc) is 2.98. The summed E-state index contributed by atoms with van der Waals surface area (Å²) in [6, 6.07) is 13.5. The molecule has 2 aromatic carbocycles. The number of fused-ring (bicyclic) bond motifs is 1. The second-order valence-electron chi connectivity index (χ2n) is 5.44. The summed E-state index contributed by atoms with van der Waals surface area (Å²) in [5.41, 5.74) is 3.72. The van der Waals surface area contributed by atoms with E-state index in [0.717, 1.165) is 28.0 Å². The quantitative estimate of drug-likeness (QED) is 0.782. The number of aromatic nitrogens is 2. The lowest BCUT2D eigenvalue weighted by molar-refractivity contribution is 0.415. The van der Waals surface area contributed by atoms with E-state index in [2.05, 4.69) is 9.97 Å². The van der Waals surface area contributed by atoms with Crippen molar-refractivity contribution >= 4 is 27.5 Å². The molecule has 3 aromatic rings. The van der Waals surface area contributed by atoms with Gasteiger partial charge in [0.15, 0.2) is 5.16 Å². The second kappa shape index (κ2) is 6.42. The van der Waals surface area contributed by atoms with Crippen LogP contribution < -0.4 is 9.64 Å². The molecule has 0 saturated heterocycles. The molecule has 1 aromatic heterocycles. The molecule has 0 amide bonds. The van der Waals surface area contributed by atoms with Gasteiger partial charge in [-0.25, -0.2) is 4.98 Å². The van der Waals surface area contributed by atoms with Gasteiger partial charge in [0.05, 0.1) is 34.7 Å². The van der Waals surface area contributed by atoms with Crippen molar-refractivity contribution in [2.24, 2.45) is 0 Å². The summed E-state index contributed by atoms with van der Waals surface area (Å²) in [5, 5.41) is 0.488. The summed E-state index contributed by atoms with van der Waals surface area (Å²) in [4.78, 5) is 9.59. The molecule has 5 nitrogen and oxygen atoms in total. The molecule has 1 unspecified atom stereocenters. The number of methoxy groups -OCH3 is 1. The minimum Gasteiger partial charge on any atom is -0.497 e. The number of aromatic amines is 1. The predicted molar refractivity (Wildman–Crippen MR) is 93.5 cm³/mol. The fourth-order valence-electron chi connectivity index (χ4n) is 2.48. The van der Waals surface area contributed by atoms with Gasteiger partial charge in [0.25, 0.3) is 0 Å². The van der Waals surface area contributed by atoms with Crippen molar-refractivity contribution in [1.82, 2.24) is 9.97 Å². The minimum atomic E-state index is -1.24. The van der Waals surface area contributed by atoms with Crippen molar-refractivity contribution in [3.05, 3.63) is 48.0 Å². The fraction of sp³-hybridized carbons (Fsp3) is 0.235. The maximum Gasteiger partial charge on any atom is 0.197 e. The number of rotatable bonds is 5. The molecule has 23 heavy (non-hydrogen) atoms. The SMILES string of the molecule is COc1ccc2nc(S(=O)Cc3ccccc3N(C)C)[nH]c2c1. The van der Waals surface area contributed by atoms with Crippen molar-refractivity contribution in [3.8, 4) is 5.75 Å². The summed E-state index contributed by atoms with van der Waals surface area (Å²) in [6.45, 7) is 0. The van der Waals surface area contributed by atoms with Crippen LogP contribution in [0, 0.1) is 0 Å². The van der Waals surface area contributed by atoms with Gasteiger partial charge in [-0.15, -0.1) is 0 Å². The molecule has 0 radical (unpaired) electrons. The number of anilines is 1. The molecule has 0 aliphatic rings. The molecule has 0 spiro atoms. The highest BCUT2D eigenvalue weighted by atomic mass is 32.2. The van der Waals surface area contributed by atoms with Crippen LogP contribution in [0.1, 0.15) is 5.56 Å². The Morgan fingerprint density at radius 2 is 2.00 bits per heavy atom. The molecule has 0 saturated carbocycles. The van der Waals surface area contributed by atoms with Gasteiger partial charge < -0.3 is 14.6 Å². The van der Waals surface area contributed by atoms with E-state index >= 15 is 0 Å². The van der Waals surface area contributed by atoms with Crippen LogP contribution in [-0.2, 0) is 16.6 Å². The van der Waals surface area contributed by atoms with Gasteiger partial charge in [-0.3, -0.25) is 4.21 Å². The van der Waals surface area contributed by atoms with E-state index in [1.54, 1.807) is 7.11 Å². The molecule has 0 fully saturated rings. The summed E-state index contributed by atoms with van der Waals surface area (Å²) < 4.78 is 17.9. The molecule has 0 aliphatic carbocycles. The third kappa shape index (κ3) is 3.22. The molecular formula is C17H19N3O2S. The molecule has 3 rings (SSSR count). The normalized spacial score (nSPS) is 12.3. The standard InChI is InChI=1S/C17H19N3O2S/c1-20(2)16-7-5-4-6-12(16)11-23(21)17-18-14-9-8-13(22-3)10-15(14)19-17/h4-10H,11H2,1-3H3,(H,18,19). The molecule has 1 heterocycles. The third-order valence-electron chi connectivity index (χ3n) is 3.64. The Bertz CT molecular complexity index is 858. The number of hydrogen-bond donors (Lipinski definition) is 1. The monoisotopic (exact) mass is 329 g/mol. The number of benzene rings is 2. The first-order valence-corrected chi connectivity index (χ1v) is 8.57. The van der Waals surface area contributed by atoms with Crippen LogP contribution in [0.15, 0.2) is 47.6 Å². The Balaban J connectivity index is 1.89. The van der Waals surface area contributed by atoms with E-state index in [0.29, 0.717) is 10.9 Å². The minimum absolute atomic E-state index is 0.422. The Kier molecular flexibility index (Phi) is 4.34. The number of imidazole rings is 1. The van der Waals surface area contributed by atoms with Crippen molar-refractivity contribution in [3.63, 3.8) is 0 Å². The van der Waals surface area contributed by atoms with Gasteiger partial charge >= 0.3 is 0 Å². The van der Waals surface area contributed by atoms with Crippen molar-refractivity contribution < 1.29 is 8.95 Å². The molecule has 0 aliphatic heterocycles. The Labute approximate surface area is 137 Å². The number of ether oxygens (including phenoxy) is 1. The van der Waals surface area contributed by atoms with Crippen LogP contribution in [0.5, 0.6) is 5.75 Å². The zero-order valence-corrected chi connectivity index (χ0v) is 14.2. The van der Waals surface area contributed by atoms with Crippen LogP contribution in [0.4, 0.5) is 5.69 Å². The van der Waals surface area contributed by atoms with Crippen molar-refractivity contribution in [2.45, 2.75) is 10.9 Å². The van der Waals surface area contributed by atoms with Crippen LogP contribution in [0.3, 0.4) is 0 Å². The Morgan fingerprint density at radius 1 is 1.22 bits per heavy atom. The maximum absolute atomic E-state index is 12.7. The number of H-pyrrole nitrogens is 1. The maximum atomic E-state index is 12.7. The summed E-state index contributed by atoms with van der Waals surface area (Å²) in [5.74, 6) is 1.17. The predicted octanol–water partition coefficient (Wildman–Crippen LogP) is 2.95. The van der Waals surface area contributed by atoms with E-state index in [9.17, 15) is 4.21 Å². The number of nitrogens with one attached hydrogen (secondary N) is 1. The first-order chi connectivity index (χ1) is 11.1. The van der Waals surface area contributed by atoms with Crippen molar-refractivity contribution in [1.29, 1.82) is 0 Å². The van der Waals surface area contributed by atoms with Gasteiger partial charge in [0, 0.05) is 25.8 Å². The van der Waals surface area contributed by atoms with Crippen LogP contribution >= 0.6 is 0 Å². The summed E-state index contributed by atoms with van der Waals surface area (Å²) >= 11 is 0. The van der Waals surface area contributed by atoms with E-state index in [-0.39, 0.29) is 0 Å². The lowest BCUT2D eigenvalue weighted by Gasteiger charge is -2.16. The highest BCUT2D eigenvalue weighted by Crippen LogP contribution is 2.23. The molecule has 1 N–H and O–H groups in total. The average molecular weight is 329 g/mol. The van der Waals surface area contributed by atoms with Crippen LogP contribution in [0.25, 0.3) is 11.0 Å². The van der Waals surface area contributed by atoms with E-state index in [1.807, 2.05) is 61.5 Å². The van der Waals surface area contributed by atoms with Crippen LogP contribution in [-0.4, -0.2) is 35.4 Å². The highest BCUT2D eigenvalue weighted by Gasteiger charge is 2.14. The molecule has 0 bridgehead atoms.